The minimum absolute atomic E-state index is 0.386. The van der Waals surface area contributed by atoms with E-state index in [9.17, 15) is 4.79 Å². The molecule has 3 nitrogen and oxygen atoms in total. The van der Waals surface area contributed by atoms with Crippen LogP contribution in [0.5, 0.6) is 0 Å². The lowest BCUT2D eigenvalue weighted by Gasteiger charge is -2.08. The van der Waals surface area contributed by atoms with Crippen LogP contribution in [0.3, 0.4) is 0 Å². The summed E-state index contributed by atoms with van der Waals surface area (Å²) in [7, 11) is 1.34. The summed E-state index contributed by atoms with van der Waals surface area (Å²) in [5.41, 5.74) is 2.81. The summed E-state index contributed by atoms with van der Waals surface area (Å²) in [6.07, 6.45) is 0.747. The van der Waals surface area contributed by atoms with E-state index < -0.39 is 0 Å². The van der Waals surface area contributed by atoms with Crippen molar-refractivity contribution in [2.75, 3.05) is 7.11 Å². The van der Waals surface area contributed by atoms with Crippen molar-refractivity contribution < 1.29 is 9.53 Å². The highest BCUT2D eigenvalue weighted by Crippen LogP contribution is 2.17. The summed E-state index contributed by atoms with van der Waals surface area (Å²) in [5, 5.41) is 8.86. The highest BCUT2D eigenvalue weighted by atomic mass is 16.5. The SMILES string of the molecule is CCc1cc(C)c(C#N)cc1C(=O)OC. The Kier molecular flexibility index (Phi) is 3.46. The van der Waals surface area contributed by atoms with Gasteiger partial charge in [-0.1, -0.05) is 13.0 Å². The van der Waals surface area contributed by atoms with Crippen molar-refractivity contribution in [1.29, 1.82) is 5.26 Å². The van der Waals surface area contributed by atoms with Crippen LogP contribution in [0, 0.1) is 18.3 Å². The molecule has 1 rings (SSSR count). The van der Waals surface area contributed by atoms with E-state index in [4.69, 9.17) is 5.26 Å². The van der Waals surface area contributed by atoms with Gasteiger partial charge >= 0.3 is 5.97 Å². The van der Waals surface area contributed by atoms with Gasteiger partial charge in [-0.05, 0) is 30.5 Å². The Balaban J connectivity index is 3.36. The highest BCUT2D eigenvalue weighted by Gasteiger charge is 2.13. The largest absolute Gasteiger partial charge is 0.465 e. The first-order chi connectivity index (χ1) is 7.13. The van der Waals surface area contributed by atoms with E-state index in [0.29, 0.717) is 11.1 Å². The maximum atomic E-state index is 11.4. The quantitative estimate of drug-likeness (QED) is 0.692. The molecule has 0 spiro atoms. The molecule has 0 saturated heterocycles. The van der Waals surface area contributed by atoms with Crippen molar-refractivity contribution in [1.82, 2.24) is 0 Å². The molecular formula is C12H13NO2. The zero-order valence-electron chi connectivity index (χ0n) is 9.13. The number of benzene rings is 1. The average molecular weight is 203 g/mol. The molecule has 0 amide bonds. The van der Waals surface area contributed by atoms with Crippen molar-refractivity contribution >= 4 is 5.97 Å². The predicted molar refractivity (Wildman–Crippen MR) is 56.6 cm³/mol. The van der Waals surface area contributed by atoms with Crippen LogP contribution in [0.15, 0.2) is 12.1 Å². The fourth-order valence-electron chi connectivity index (χ4n) is 1.48. The number of carbonyl (C=O) groups is 1. The number of carbonyl (C=O) groups excluding carboxylic acids is 1. The minimum Gasteiger partial charge on any atom is -0.465 e. The van der Waals surface area contributed by atoms with Crippen LogP contribution in [0.2, 0.25) is 0 Å². The van der Waals surface area contributed by atoms with Gasteiger partial charge in [-0.15, -0.1) is 0 Å². The van der Waals surface area contributed by atoms with Gasteiger partial charge in [0.2, 0.25) is 0 Å². The van der Waals surface area contributed by atoms with Crippen LogP contribution in [0.1, 0.15) is 34.0 Å². The molecule has 1 aromatic carbocycles. The lowest BCUT2D eigenvalue weighted by molar-refractivity contribution is 0.0599. The number of esters is 1. The second kappa shape index (κ2) is 4.61. The number of hydrogen-bond acceptors (Lipinski definition) is 3. The molecule has 78 valence electrons. The molecule has 0 unspecified atom stereocenters. The standard InChI is InChI=1S/C12H13NO2/c1-4-9-5-8(2)10(7-13)6-11(9)12(14)15-3/h5-6H,4H2,1-3H3. The molecule has 0 atom stereocenters. The Bertz CT molecular complexity index is 430. The summed E-state index contributed by atoms with van der Waals surface area (Å²) in [6.45, 7) is 3.83. The second-order valence-electron chi connectivity index (χ2n) is 3.28. The number of nitriles is 1. The molecule has 3 heteroatoms. The zero-order valence-corrected chi connectivity index (χ0v) is 9.13. The number of rotatable bonds is 2. The predicted octanol–water partition coefficient (Wildman–Crippen LogP) is 2.22. The van der Waals surface area contributed by atoms with E-state index in [1.54, 1.807) is 6.07 Å². The van der Waals surface area contributed by atoms with Gasteiger partial charge in [-0.2, -0.15) is 5.26 Å². The van der Waals surface area contributed by atoms with Crippen molar-refractivity contribution in [3.63, 3.8) is 0 Å². The van der Waals surface area contributed by atoms with E-state index in [0.717, 1.165) is 17.5 Å². The van der Waals surface area contributed by atoms with E-state index in [1.807, 2.05) is 19.9 Å². The summed E-state index contributed by atoms with van der Waals surface area (Å²) < 4.78 is 4.67. The fourth-order valence-corrected chi connectivity index (χ4v) is 1.48. The van der Waals surface area contributed by atoms with Gasteiger partial charge < -0.3 is 4.74 Å². The molecule has 0 bridgehead atoms. The second-order valence-corrected chi connectivity index (χ2v) is 3.28. The topological polar surface area (TPSA) is 50.1 Å². The van der Waals surface area contributed by atoms with Crippen molar-refractivity contribution in [2.45, 2.75) is 20.3 Å². The van der Waals surface area contributed by atoms with E-state index in [2.05, 4.69) is 10.8 Å². The molecular weight excluding hydrogens is 190 g/mol. The summed E-state index contributed by atoms with van der Waals surface area (Å²) in [4.78, 5) is 11.4. The smallest absolute Gasteiger partial charge is 0.338 e. The normalized spacial score (nSPS) is 9.47. The number of methoxy groups -OCH3 is 1. The van der Waals surface area contributed by atoms with E-state index in [-0.39, 0.29) is 5.97 Å². The molecule has 15 heavy (non-hydrogen) atoms. The number of nitrogens with zero attached hydrogens (tertiary/aromatic N) is 1. The molecule has 0 heterocycles. The Hall–Kier alpha value is -1.82. The van der Waals surface area contributed by atoms with Gasteiger partial charge in [0.05, 0.1) is 24.3 Å². The fraction of sp³-hybridized carbons (Fsp3) is 0.333. The van der Waals surface area contributed by atoms with Crippen molar-refractivity contribution in [2.24, 2.45) is 0 Å². The van der Waals surface area contributed by atoms with Crippen molar-refractivity contribution in [3.8, 4) is 6.07 Å². The number of hydrogen-bond donors (Lipinski definition) is 0. The molecule has 1 aromatic rings. The van der Waals surface area contributed by atoms with Gasteiger partial charge in [0.25, 0.3) is 0 Å². The third-order valence-electron chi connectivity index (χ3n) is 2.36. The molecule has 0 radical (unpaired) electrons. The van der Waals surface area contributed by atoms with Gasteiger partial charge in [-0.25, -0.2) is 4.79 Å². The van der Waals surface area contributed by atoms with Gasteiger partial charge in [0.15, 0.2) is 0 Å². The molecule has 0 fully saturated rings. The van der Waals surface area contributed by atoms with Crippen LogP contribution < -0.4 is 0 Å². The summed E-state index contributed by atoms with van der Waals surface area (Å²) >= 11 is 0. The lowest BCUT2D eigenvalue weighted by atomic mass is 9.98. The van der Waals surface area contributed by atoms with Crippen LogP contribution in [0.25, 0.3) is 0 Å². The monoisotopic (exact) mass is 203 g/mol. The lowest BCUT2D eigenvalue weighted by Crippen LogP contribution is -2.06. The maximum absolute atomic E-state index is 11.4. The molecule has 0 aliphatic carbocycles. The first-order valence-corrected chi connectivity index (χ1v) is 4.76. The first kappa shape index (κ1) is 11.3. The van der Waals surface area contributed by atoms with E-state index in [1.165, 1.54) is 7.11 Å². The number of ether oxygens (including phenoxy) is 1. The van der Waals surface area contributed by atoms with E-state index >= 15 is 0 Å². The third kappa shape index (κ3) is 2.16. The Morgan fingerprint density at radius 2 is 2.20 bits per heavy atom. The Morgan fingerprint density at radius 1 is 1.53 bits per heavy atom. The minimum atomic E-state index is -0.386. The number of aryl methyl sites for hydroxylation is 2. The summed E-state index contributed by atoms with van der Waals surface area (Å²) in [5.74, 6) is -0.386. The maximum Gasteiger partial charge on any atom is 0.338 e. The third-order valence-corrected chi connectivity index (χ3v) is 2.36. The van der Waals surface area contributed by atoms with Gasteiger partial charge in [-0.3, -0.25) is 0 Å². The van der Waals surface area contributed by atoms with Crippen LogP contribution in [-0.2, 0) is 11.2 Å². The van der Waals surface area contributed by atoms with Gasteiger partial charge in [0, 0.05) is 0 Å². The molecule has 0 N–H and O–H groups in total. The average Bonchev–Trinajstić information content (AvgIpc) is 2.27. The Labute approximate surface area is 89.3 Å². The molecule has 0 saturated carbocycles. The Morgan fingerprint density at radius 3 is 2.67 bits per heavy atom. The highest BCUT2D eigenvalue weighted by molar-refractivity contribution is 5.91. The first-order valence-electron chi connectivity index (χ1n) is 4.76. The van der Waals surface area contributed by atoms with Crippen LogP contribution >= 0.6 is 0 Å². The molecule has 0 aliphatic heterocycles. The van der Waals surface area contributed by atoms with Crippen molar-refractivity contribution in [3.05, 3.63) is 34.4 Å². The van der Waals surface area contributed by atoms with Crippen LogP contribution in [0.4, 0.5) is 0 Å². The van der Waals surface area contributed by atoms with Gasteiger partial charge in [0.1, 0.15) is 0 Å². The zero-order chi connectivity index (χ0) is 11.4. The van der Waals surface area contributed by atoms with Crippen LogP contribution in [-0.4, -0.2) is 13.1 Å². The molecule has 0 aliphatic rings. The summed E-state index contributed by atoms with van der Waals surface area (Å²) in [6, 6.07) is 5.52. The molecule has 0 aromatic heterocycles.